The van der Waals surface area contributed by atoms with Crippen LogP contribution in [0.1, 0.15) is 18.5 Å². The summed E-state index contributed by atoms with van der Waals surface area (Å²) in [6, 6.07) is 12.4. The van der Waals surface area contributed by atoms with Crippen molar-refractivity contribution in [2.24, 2.45) is 0 Å². The van der Waals surface area contributed by atoms with Crippen molar-refractivity contribution in [3.8, 4) is 5.75 Å². The van der Waals surface area contributed by atoms with Gasteiger partial charge in [-0.05, 0) is 36.8 Å². The Bertz CT molecular complexity index is 828. The van der Waals surface area contributed by atoms with Gasteiger partial charge < -0.3 is 10.1 Å². The highest BCUT2D eigenvalue weighted by Gasteiger charge is 2.28. The first-order chi connectivity index (χ1) is 12.0. The van der Waals surface area contributed by atoms with E-state index in [0.29, 0.717) is 16.5 Å². The van der Waals surface area contributed by atoms with Gasteiger partial charge in [0, 0.05) is 9.50 Å². The fourth-order valence-corrected chi connectivity index (χ4v) is 3.33. The highest BCUT2D eigenvalue weighted by Crippen LogP contribution is 2.34. The van der Waals surface area contributed by atoms with Crippen LogP contribution in [-0.2, 0) is 9.59 Å². The van der Waals surface area contributed by atoms with Crippen LogP contribution >= 0.6 is 27.5 Å². The van der Waals surface area contributed by atoms with Crippen LogP contribution in [0.3, 0.4) is 0 Å². The Morgan fingerprint density at radius 3 is 2.88 bits per heavy atom. The largest absolute Gasteiger partial charge is 0.482 e. The summed E-state index contributed by atoms with van der Waals surface area (Å²) in [5.74, 6) is 0.0489. The number of benzene rings is 2. The Kier molecular flexibility index (Phi) is 5.30. The average Bonchev–Trinajstić information content (AvgIpc) is 2.57. The third-order valence-electron chi connectivity index (χ3n) is 3.92. The molecule has 3 rings (SSSR count). The van der Waals surface area contributed by atoms with Crippen molar-refractivity contribution in [2.45, 2.75) is 13.0 Å². The lowest BCUT2D eigenvalue weighted by molar-refractivity contribution is -0.125. The first-order valence-corrected chi connectivity index (χ1v) is 8.89. The van der Waals surface area contributed by atoms with E-state index in [2.05, 4.69) is 21.2 Å². The molecule has 0 aromatic heterocycles. The molecule has 0 fully saturated rings. The van der Waals surface area contributed by atoms with Crippen LogP contribution in [0.5, 0.6) is 5.75 Å². The lowest BCUT2D eigenvalue weighted by Gasteiger charge is -2.29. The molecular weight excluding hydrogens is 408 g/mol. The summed E-state index contributed by atoms with van der Waals surface area (Å²) in [4.78, 5) is 26.0. The van der Waals surface area contributed by atoms with Crippen molar-refractivity contribution < 1.29 is 14.3 Å². The molecule has 2 aromatic rings. The number of nitrogens with one attached hydrogen (secondary N) is 1. The van der Waals surface area contributed by atoms with Gasteiger partial charge in [-0.3, -0.25) is 14.5 Å². The normalized spacial score (nSPS) is 14.5. The molecule has 1 heterocycles. The van der Waals surface area contributed by atoms with E-state index in [1.54, 1.807) is 24.3 Å². The number of carbonyl (C=O) groups is 2. The van der Waals surface area contributed by atoms with Gasteiger partial charge in [0.25, 0.3) is 5.91 Å². The van der Waals surface area contributed by atoms with Crippen molar-refractivity contribution in [1.82, 2.24) is 5.32 Å². The number of hydrogen-bond acceptors (Lipinski definition) is 3. The van der Waals surface area contributed by atoms with Gasteiger partial charge in [0.15, 0.2) is 6.61 Å². The predicted octanol–water partition coefficient (Wildman–Crippen LogP) is 3.71. The van der Waals surface area contributed by atoms with Crippen LogP contribution < -0.4 is 15.0 Å². The summed E-state index contributed by atoms with van der Waals surface area (Å²) in [5.41, 5.74) is 1.41. The second-order valence-electron chi connectivity index (χ2n) is 5.69. The average molecular weight is 424 g/mol. The fraction of sp³-hybridized carbons (Fsp3) is 0.222. The molecule has 1 N–H and O–H groups in total. The minimum atomic E-state index is -0.267. The van der Waals surface area contributed by atoms with E-state index in [4.69, 9.17) is 16.3 Å². The molecule has 0 aliphatic carbocycles. The molecule has 0 spiro atoms. The topological polar surface area (TPSA) is 58.6 Å². The number of fused-ring (bicyclic) bond motifs is 1. The zero-order valence-corrected chi connectivity index (χ0v) is 15.8. The van der Waals surface area contributed by atoms with Gasteiger partial charge in [0.05, 0.1) is 11.7 Å². The van der Waals surface area contributed by atoms with Crippen LogP contribution in [0, 0.1) is 0 Å². The van der Waals surface area contributed by atoms with Gasteiger partial charge in [0.1, 0.15) is 12.3 Å². The molecule has 5 nitrogen and oxygen atoms in total. The molecule has 1 atom stereocenters. The van der Waals surface area contributed by atoms with Crippen LogP contribution in [0.25, 0.3) is 0 Å². The monoisotopic (exact) mass is 422 g/mol. The Morgan fingerprint density at radius 2 is 2.12 bits per heavy atom. The molecule has 2 amide bonds. The van der Waals surface area contributed by atoms with Crippen molar-refractivity contribution in [1.29, 1.82) is 0 Å². The number of ether oxygens (including phenoxy) is 1. The number of anilines is 1. The Morgan fingerprint density at radius 1 is 1.36 bits per heavy atom. The predicted molar refractivity (Wildman–Crippen MR) is 100.0 cm³/mol. The summed E-state index contributed by atoms with van der Waals surface area (Å²) >= 11 is 9.53. The number of halogens is 2. The lowest BCUT2D eigenvalue weighted by atomic mass is 10.1. The first-order valence-electron chi connectivity index (χ1n) is 7.72. The number of amides is 2. The standard InChI is InChI=1S/C18H16BrClN2O3/c1-11(13-4-2-3-5-14(13)20)21-17(23)9-22-15-7-6-12(19)8-16(15)25-10-18(22)24/h2-8,11H,9-10H2,1H3,(H,21,23). The zero-order valence-electron chi connectivity index (χ0n) is 13.5. The summed E-state index contributed by atoms with van der Waals surface area (Å²) in [7, 11) is 0. The molecule has 1 unspecified atom stereocenters. The minimum absolute atomic E-state index is 0.0778. The van der Waals surface area contributed by atoms with Gasteiger partial charge in [-0.2, -0.15) is 0 Å². The van der Waals surface area contributed by atoms with Crippen LogP contribution in [0.2, 0.25) is 5.02 Å². The Hall–Kier alpha value is -2.05. The van der Waals surface area contributed by atoms with Crippen molar-refractivity contribution in [3.05, 3.63) is 57.5 Å². The van der Waals surface area contributed by atoms with Crippen LogP contribution in [0.15, 0.2) is 46.9 Å². The third kappa shape index (κ3) is 3.96. The van der Waals surface area contributed by atoms with Crippen molar-refractivity contribution >= 4 is 45.0 Å². The second kappa shape index (κ2) is 7.45. The number of hydrogen-bond donors (Lipinski definition) is 1. The van der Waals surface area contributed by atoms with Gasteiger partial charge >= 0.3 is 0 Å². The van der Waals surface area contributed by atoms with Crippen molar-refractivity contribution in [3.63, 3.8) is 0 Å². The van der Waals surface area contributed by atoms with E-state index in [1.807, 2.05) is 25.1 Å². The highest BCUT2D eigenvalue weighted by molar-refractivity contribution is 9.10. The smallest absolute Gasteiger partial charge is 0.265 e. The summed E-state index contributed by atoms with van der Waals surface area (Å²) < 4.78 is 6.27. The van der Waals surface area contributed by atoms with E-state index in [1.165, 1.54) is 4.90 Å². The molecule has 2 aromatic carbocycles. The molecule has 130 valence electrons. The molecule has 7 heteroatoms. The Labute approximate surface area is 159 Å². The SMILES string of the molecule is CC(NC(=O)CN1C(=O)COc2cc(Br)ccc21)c1ccccc1Cl. The van der Waals surface area contributed by atoms with Crippen molar-refractivity contribution in [2.75, 3.05) is 18.1 Å². The number of nitrogens with zero attached hydrogens (tertiary/aromatic N) is 1. The third-order valence-corrected chi connectivity index (χ3v) is 4.75. The highest BCUT2D eigenvalue weighted by atomic mass is 79.9. The molecule has 0 bridgehead atoms. The van der Waals surface area contributed by atoms with Gasteiger partial charge in [-0.25, -0.2) is 0 Å². The maximum atomic E-state index is 12.4. The van der Waals surface area contributed by atoms with Gasteiger partial charge in [0.2, 0.25) is 5.91 Å². The summed E-state index contributed by atoms with van der Waals surface area (Å²) in [6.07, 6.45) is 0. The molecule has 0 saturated carbocycles. The van der Waals surface area contributed by atoms with E-state index < -0.39 is 0 Å². The maximum absolute atomic E-state index is 12.4. The fourth-order valence-electron chi connectivity index (χ4n) is 2.69. The molecule has 0 saturated heterocycles. The van der Waals surface area contributed by atoms with E-state index >= 15 is 0 Å². The first kappa shape index (κ1) is 17.8. The summed E-state index contributed by atoms with van der Waals surface area (Å²) in [6.45, 7) is 1.69. The maximum Gasteiger partial charge on any atom is 0.265 e. The zero-order chi connectivity index (χ0) is 18.0. The van der Waals surface area contributed by atoms with Crippen LogP contribution in [-0.4, -0.2) is 25.0 Å². The van der Waals surface area contributed by atoms with E-state index in [0.717, 1.165) is 10.0 Å². The van der Waals surface area contributed by atoms with Gasteiger partial charge in [-0.15, -0.1) is 0 Å². The van der Waals surface area contributed by atoms with E-state index in [-0.39, 0.29) is 31.0 Å². The van der Waals surface area contributed by atoms with Gasteiger partial charge in [-0.1, -0.05) is 45.7 Å². The molecule has 0 radical (unpaired) electrons. The minimum Gasteiger partial charge on any atom is -0.482 e. The molecular formula is C18H16BrClN2O3. The molecule has 25 heavy (non-hydrogen) atoms. The second-order valence-corrected chi connectivity index (χ2v) is 7.01. The number of rotatable bonds is 4. The molecule has 1 aliphatic heterocycles. The van der Waals surface area contributed by atoms with Crippen LogP contribution in [0.4, 0.5) is 5.69 Å². The van der Waals surface area contributed by atoms with E-state index in [9.17, 15) is 9.59 Å². The summed E-state index contributed by atoms with van der Waals surface area (Å²) in [5, 5.41) is 3.47. The quantitative estimate of drug-likeness (QED) is 0.816. The number of carbonyl (C=O) groups excluding carboxylic acids is 2. The Balaban J connectivity index is 1.73. The molecule has 1 aliphatic rings. The lowest BCUT2D eigenvalue weighted by Crippen LogP contribution is -2.45.